The summed E-state index contributed by atoms with van der Waals surface area (Å²) < 4.78 is 11.2. The average molecular weight is 370 g/mol. The van der Waals surface area contributed by atoms with Crippen LogP contribution in [0.2, 0.25) is 0 Å². The Morgan fingerprint density at radius 2 is 2.19 bits per heavy atom. The molecule has 0 radical (unpaired) electrons. The van der Waals surface area contributed by atoms with Crippen LogP contribution in [0.15, 0.2) is 29.0 Å². The number of pyridine rings is 1. The highest BCUT2D eigenvalue weighted by atomic mass is 16.5. The summed E-state index contributed by atoms with van der Waals surface area (Å²) in [6.45, 7) is 2.78. The van der Waals surface area contributed by atoms with E-state index in [1.807, 2.05) is 4.90 Å². The Hall–Kier alpha value is -2.28. The van der Waals surface area contributed by atoms with Gasteiger partial charge in [-0.2, -0.15) is 4.98 Å². The molecule has 4 rings (SSSR count). The topological polar surface area (TPSA) is 81.4 Å². The Kier molecular flexibility index (Phi) is 5.77. The van der Waals surface area contributed by atoms with Crippen LogP contribution in [0.3, 0.4) is 0 Å². The maximum absolute atomic E-state index is 12.5. The van der Waals surface area contributed by atoms with Crippen molar-refractivity contribution >= 4 is 5.91 Å². The minimum atomic E-state index is 0.00523. The van der Waals surface area contributed by atoms with Gasteiger partial charge in [0.2, 0.25) is 5.89 Å². The lowest BCUT2D eigenvalue weighted by Gasteiger charge is -2.15. The van der Waals surface area contributed by atoms with Gasteiger partial charge in [-0.1, -0.05) is 18.0 Å². The van der Waals surface area contributed by atoms with Gasteiger partial charge in [-0.3, -0.25) is 9.78 Å². The van der Waals surface area contributed by atoms with Crippen molar-refractivity contribution in [1.29, 1.82) is 0 Å². The van der Waals surface area contributed by atoms with Crippen LogP contribution >= 0.6 is 0 Å². The zero-order valence-corrected chi connectivity index (χ0v) is 15.5. The predicted molar refractivity (Wildman–Crippen MR) is 98.3 cm³/mol. The van der Waals surface area contributed by atoms with Gasteiger partial charge in [-0.25, -0.2) is 0 Å². The Bertz CT molecular complexity index is 743. The van der Waals surface area contributed by atoms with Crippen LogP contribution in [0.4, 0.5) is 0 Å². The van der Waals surface area contributed by atoms with Crippen molar-refractivity contribution in [3.63, 3.8) is 0 Å². The van der Waals surface area contributed by atoms with E-state index in [1.54, 1.807) is 24.5 Å². The second-order valence-electron chi connectivity index (χ2n) is 7.50. The van der Waals surface area contributed by atoms with Crippen LogP contribution in [0, 0.1) is 5.92 Å². The molecule has 2 aromatic rings. The van der Waals surface area contributed by atoms with E-state index < -0.39 is 0 Å². The molecule has 1 saturated heterocycles. The van der Waals surface area contributed by atoms with Crippen molar-refractivity contribution < 1.29 is 14.1 Å². The van der Waals surface area contributed by atoms with E-state index in [0.29, 0.717) is 43.4 Å². The van der Waals surface area contributed by atoms with Crippen molar-refractivity contribution in [2.24, 2.45) is 5.92 Å². The lowest BCUT2D eigenvalue weighted by molar-refractivity contribution is 0.0789. The quantitative estimate of drug-likeness (QED) is 0.697. The number of amides is 1. The number of nitrogens with zero attached hydrogens (tertiary/aromatic N) is 4. The Labute approximate surface area is 159 Å². The number of carbonyl (C=O) groups is 1. The van der Waals surface area contributed by atoms with Gasteiger partial charge in [0, 0.05) is 38.5 Å². The number of likely N-dealkylation sites (tertiary alicyclic amines) is 1. The van der Waals surface area contributed by atoms with Crippen molar-refractivity contribution in [2.45, 2.75) is 44.4 Å². The molecular weight excluding hydrogens is 344 g/mol. The van der Waals surface area contributed by atoms with Crippen molar-refractivity contribution in [3.05, 3.63) is 41.8 Å². The van der Waals surface area contributed by atoms with Gasteiger partial charge in [0.15, 0.2) is 5.82 Å². The zero-order valence-electron chi connectivity index (χ0n) is 15.5. The van der Waals surface area contributed by atoms with Crippen LogP contribution in [-0.2, 0) is 11.2 Å². The monoisotopic (exact) mass is 370 g/mol. The van der Waals surface area contributed by atoms with Gasteiger partial charge < -0.3 is 14.2 Å². The van der Waals surface area contributed by atoms with Gasteiger partial charge in [0.25, 0.3) is 5.91 Å². The first-order chi connectivity index (χ1) is 13.3. The number of ether oxygens (including phenoxy) is 1. The minimum absolute atomic E-state index is 0.00523. The molecule has 0 aromatic carbocycles. The first-order valence-electron chi connectivity index (χ1n) is 9.89. The fraction of sp³-hybridized carbons (Fsp3) is 0.600. The van der Waals surface area contributed by atoms with E-state index in [-0.39, 0.29) is 11.8 Å². The summed E-state index contributed by atoms with van der Waals surface area (Å²) in [4.78, 5) is 22.9. The fourth-order valence-electron chi connectivity index (χ4n) is 3.94. The van der Waals surface area contributed by atoms with Crippen molar-refractivity contribution in [1.82, 2.24) is 20.0 Å². The van der Waals surface area contributed by atoms with Crippen LogP contribution in [0.1, 0.15) is 60.1 Å². The molecule has 1 aliphatic carbocycles. The van der Waals surface area contributed by atoms with E-state index in [0.717, 1.165) is 18.9 Å². The van der Waals surface area contributed by atoms with E-state index in [2.05, 4.69) is 15.1 Å². The van der Waals surface area contributed by atoms with E-state index in [9.17, 15) is 4.79 Å². The van der Waals surface area contributed by atoms with E-state index >= 15 is 0 Å². The molecular formula is C20H26N4O3. The smallest absolute Gasteiger partial charge is 0.255 e. The van der Waals surface area contributed by atoms with Crippen molar-refractivity contribution in [3.8, 4) is 0 Å². The van der Waals surface area contributed by atoms with Gasteiger partial charge >= 0.3 is 0 Å². The lowest BCUT2D eigenvalue weighted by Crippen LogP contribution is -2.28. The number of hydrogen-bond acceptors (Lipinski definition) is 6. The summed E-state index contributed by atoms with van der Waals surface area (Å²) in [6.07, 6.45) is 10.0. The predicted octanol–water partition coefficient (Wildman–Crippen LogP) is 2.84. The summed E-state index contributed by atoms with van der Waals surface area (Å²) in [7, 11) is 0. The highest BCUT2D eigenvalue weighted by molar-refractivity contribution is 5.94. The fourth-order valence-corrected chi connectivity index (χ4v) is 3.94. The first kappa shape index (κ1) is 18.1. The van der Waals surface area contributed by atoms with E-state index in [1.165, 1.54) is 25.7 Å². The molecule has 3 heterocycles. The standard InChI is InChI=1S/C20H26N4O3/c25-20(16-6-3-9-21-12-16)24-10-7-17(13-24)19-22-18(23-27-19)8-11-26-14-15-4-1-2-5-15/h3,6,9,12,15,17H,1-2,4-5,7-8,10-11,13-14H2. The van der Waals surface area contributed by atoms with Gasteiger partial charge in [0.1, 0.15) is 0 Å². The van der Waals surface area contributed by atoms with Gasteiger partial charge in [-0.05, 0) is 37.3 Å². The van der Waals surface area contributed by atoms with Crippen LogP contribution < -0.4 is 0 Å². The minimum Gasteiger partial charge on any atom is -0.381 e. The number of hydrogen-bond donors (Lipinski definition) is 0. The molecule has 27 heavy (non-hydrogen) atoms. The summed E-state index contributed by atoms with van der Waals surface area (Å²) >= 11 is 0. The Morgan fingerprint density at radius 1 is 1.30 bits per heavy atom. The average Bonchev–Trinajstić information content (AvgIpc) is 3.47. The lowest BCUT2D eigenvalue weighted by atomic mass is 10.1. The third-order valence-corrected chi connectivity index (χ3v) is 5.52. The molecule has 0 N–H and O–H groups in total. The number of carbonyl (C=O) groups excluding carboxylic acids is 1. The molecule has 1 aliphatic heterocycles. The molecule has 1 saturated carbocycles. The van der Waals surface area contributed by atoms with Gasteiger partial charge in [0.05, 0.1) is 18.1 Å². The Morgan fingerprint density at radius 3 is 3.00 bits per heavy atom. The molecule has 144 valence electrons. The molecule has 0 bridgehead atoms. The summed E-state index contributed by atoms with van der Waals surface area (Å²) in [6, 6.07) is 3.57. The Balaban J connectivity index is 1.24. The summed E-state index contributed by atoms with van der Waals surface area (Å²) in [5.41, 5.74) is 0.615. The van der Waals surface area contributed by atoms with E-state index in [4.69, 9.17) is 9.26 Å². The molecule has 1 unspecified atom stereocenters. The maximum atomic E-state index is 12.5. The zero-order chi connectivity index (χ0) is 18.5. The largest absolute Gasteiger partial charge is 0.381 e. The van der Waals surface area contributed by atoms with Crippen LogP contribution in [0.25, 0.3) is 0 Å². The van der Waals surface area contributed by atoms with Gasteiger partial charge in [-0.15, -0.1) is 0 Å². The SMILES string of the molecule is O=C(c1cccnc1)N1CCC(c2nc(CCOCC3CCCC3)no2)C1. The summed E-state index contributed by atoms with van der Waals surface area (Å²) in [5.74, 6) is 2.15. The molecule has 7 heteroatoms. The second kappa shape index (κ2) is 8.61. The molecule has 7 nitrogen and oxygen atoms in total. The molecule has 1 atom stereocenters. The molecule has 0 spiro atoms. The molecule has 1 amide bonds. The highest BCUT2D eigenvalue weighted by Gasteiger charge is 2.31. The maximum Gasteiger partial charge on any atom is 0.255 e. The number of rotatable bonds is 7. The third-order valence-electron chi connectivity index (χ3n) is 5.52. The van der Waals surface area contributed by atoms with Crippen molar-refractivity contribution in [2.75, 3.05) is 26.3 Å². The van der Waals surface area contributed by atoms with Crippen LogP contribution in [0.5, 0.6) is 0 Å². The molecule has 2 aromatic heterocycles. The summed E-state index contributed by atoms with van der Waals surface area (Å²) in [5, 5.41) is 4.08. The first-order valence-corrected chi connectivity index (χ1v) is 9.89. The third kappa shape index (κ3) is 4.53. The molecule has 2 fully saturated rings. The van der Waals surface area contributed by atoms with Crippen LogP contribution in [-0.4, -0.2) is 52.2 Å². The number of aromatic nitrogens is 3. The highest BCUT2D eigenvalue weighted by Crippen LogP contribution is 2.27. The normalized spacial score (nSPS) is 20.4. The second-order valence-corrected chi connectivity index (χ2v) is 7.50. The molecule has 2 aliphatic rings.